The van der Waals surface area contributed by atoms with E-state index in [0.29, 0.717) is 23.3 Å². The minimum atomic E-state index is -0.279. The highest BCUT2D eigenvalue weighted by molar-refractivity contribution is 6.31. The van der Waals surface area contributed by atoms with Gasteiger partial charge in [0.1, 0.15) is 5.82 Å². The Labute approximate surface area is 138 Å². The van der Waals surface area contributed by atoms with E-state index >= 15 is 0 Å². The second-order valence-corrected chi connectivity index (χ2v) is 5.53. The maximum absolute atomic E-state index is 13.2. The van der Waals surface area contributed by atoms with E-state index in [1.807, 2.05) is 24.3 Å². The topological polar surface area (TPSA) is 51.0 Å². The zero-order valence-electron chi connectivity index (χ0n) is 12.5. The molecule has 0 bridgehead atoms. The van der Waals surface area contributed by atoms with Crippen molar-refractivity contribution in [3.8, 4) is 0 Å². The van der Waals surface area contributed by atoms with Crippen LogP contribution in [0.4, 0.5) is 4.39 Å². The molecule has 6 heteroatoms. The highest BCUT2D eigenvalue weighted by Gasteiger charge is 2.17. The number of hydrogen-bond donors (Lipinski definition) is 1. The van der Waals surface area contributed by atoms with Gasteiger partial charge in [-0.1, -0.05) is 47.1 Å². The van der Waals surface area contributed by atoms with Gasteiger partial charge in [-0.05, 0) is 36.2 Å². The van der Waals surface area contributed by atoms with E-state index in [-0.39, 0.29) is 11.9 Å². The first-order valence-electron chi connectivity index (χ1n) is 7.16. The fourth-order valence-electron chi connectivity index (χ4n) is 2.37. The first-order valence-corrected chi connectivity index (χ1v) is 7.54. The molecule has 1 unspecified atom stereocenters. The molecule has 23 heavy (non-hydrogen) atoms. The summed E-state index contributed by atoms with van der Waals surface area (Å²) in [6.07, 6.45) is 0. The zero-order chi connectivity index (χ0) is 16.2. The number of rotatable bonds is 5. The fraction of sp³-hybridized carbons (Fsp3) is 0.176. The number of nitrogens with zero attached hydrogens (tertiary/aromatic N) is 2. The van der Waals surface area contributed by atoms with E-state index in [0.717, 1.165) is 11.1 Å². The summed E-state index contributed by atoms with van der Waals surface area (Å²) < 4.78 is 18.3. The molecule has 0 aliphatic carbocycles. The van der Waals surface area contributed by atoms with Gasteiger partial charge in [-0.2, -0.15) is 4.98 Å². The van der Waals surface area contributed by atoms with Crippen molar-refractivity contribution in [2.45, 2.75) is 19.5 Å². The molecule has 0 aliphatic rings. The summed E-state index contributed by atoms with van der Waals surface area (Å²) in [5.74, 6) is 0.790. The molecule has 0 radical (unpaired) electrons. The SMILES string of the molecule is Cc1noc(CNC(c2ccc(F)cc2)c2ccccc2Cl)n1. The van der Waals surface area contributed by atoms with E-state index in [2.05, 4.69) is 15.5 Å². The predicted molar refractivity (Wildman–Crippen MR) is 85.6 cm³/mol. The first-order chi connectivity index (χ1) is 11.1. The third-order valence-corrected chi connectivity index (χ3v) is 3.79. The molecule has 2 aromatic carbocycles. The predicted octanol–water partition coefficient (Wildman–Crippen LogP) is 4.05. The van der Waals surface area contributed by atoms with Crippen LogP contribution in [-0.4, -0.2) is 10.1 Å². The van der Waals surface area contributed by atoms with Gasteiger partial charge >= 0.3 is 0 Å². The van der Waals surface area contributed by atoms with Crippen LogP contribution in [0, 0.1) is 12.7 Å². The lowest BCUT2D eigenvalue weighted by molar-refractivity contribution is 0.359. The average molecular weight is 332 g/mol. The molecule has 0 aliphatic heterocycles. The molecule has 0 spiro atoms. The molecule has 3 aromatic rings. The highest BCUT2D eigenvalue weighted by atomic mass is 35.5. The summed E-state index contributed by atoms with van der Waals surface area (Å²) in [6.45, 7) is 2.15. The standard InChI is InChI=1S/C17H15ClFN3O/c1-11-21-16(23-22-11)10-20-17(12-6-8-13(19)9-7-12)14-4-2-3-5-15(14)18/h2-9,17,20H,10H2,1H3. The molecule has 1 N–H and O–H groups in total. The summed E-state index contributed by atoms with van der Waals surface area (Å²) in [5, 5.41) is 7.74. The molecule has 4 nitrogen and oxygen atoms in total. The maximum atomic E-state index is 13.2. The van der Waals surface area contributed by atoms with Crippen molar-refractivity contribution in [3.63, 3.8) is 0 Å². The van der Waals surface area contributed by atoms with E-state index in [1.165, 1.54) is 12.1 Å². The van der Waals surface area contributed by atoms with E-state index in [9.17, 15) is 4.39 Å². The van der Waals surface area contributed by atoms with Gasteiger partial charge in [0.2, 0.25) is 5.89 Å². The summed E-state index contributed by atoms with van der Waals surface area (Å²) in [5.41, 5.74) is 1.80. The van der Waals surface area contributed by atoms with Crippen LogP contribution in [0.5, 0.6) is 0 Å². The summed E-state index contributed by atoms with van der Waals surface area (Å²) in [4.78, 5) is 4.17. The summed E-state index contributed by atoms with van der Waals surface area (Å²) >= 11 is 6.32. The number of benzene rings is 2. The van der Waals surface area contributed by atoms with Crippen LogP contribution in [0.1, 0.15) is 28.9 Å². The fourth-order valence-corrected chi connectivity index (χ4v) is 2.62. The molecular weight excluding hydrogens is 317 g/mol. The third kappa shape index (κ3) is 3.75. The van der Waals surface area contributed by atoms with E-state index in [1.54, 1.807) is 19.1 Å². The molecular formula is C17H15ClFN3O. The van der Waals surface area contributed by atoms with Crippen molar-refractivity contribution in [1.82, 2.24) is 15.5 Å². The Bertz CT molecular complexity index is 789. The smallest absolute Gasteiger partial charge is 0.240 e. The lowest BCUT2D eigenvalue weighted by atomic mass is 9.98. The minimum absolute atomic E-state index is 0.212. The number of halogens is 2. The largest absolute Gasteiger partial charge is 0.338 e. The van der Waals surface area contributed by atoms with Crippen LogP contribution < -0.4 is 5.32 Å². The van der Waals surface area contributed by atoms with Gasteiger partial charge in [-0.25, -0.2) is 4.39 Å². The second kappa shape index (κ2) is 6.89. The van der Waals surface area contributed by atoms with Gasteiger partial charge in [0.25, 0.3) is 0 Å². The Morgan fingerprint density at radius 3 is 2.57 bits per heavy atom. The molecule has 1 atom stereocenters. The quantitative estimate of drug-likeness (QED) is 0.766. The third-order valence-electron chi connectivity index (χ3n) is 3.45. The summed E-state index contributed by atoms with van der Waals surface area (Å²) in [7, 11) is 0. The molecule has 1 aromatic heterocycles. The van der Waals surface area contributed by atoms with Crippen molar-refractivity contribution in [2.75, 3.05) is 0 Å². The molecule has 0 saturated heterocycles. The van der Waals surface area contributed by atoms with E-state index < -0.39 is 0 Å². The van der Waals surface area contributed by atoms with Crippen molar-refractivity contribution >= 4 is 11.6 Å². The number of aryl methyl sites for hydroxylation is 1. The van der Waals surface area contributed by atoms with Gasteiger partial charge in [0.05, 0.1) is 12.6 Å². The zero-order valence-corrected chi connectivity index (χ0v) is 13.2. The van der Waals surface area contributed by atoms with Gasteiger partial charge in [-0.15, -0.1) is 0 Å². The van der Waals surface area contributed by atoms with Gasteiger partial charge in [-0.3, -0.25) is 5.32 Å². The van der Waals surface area contributed by atoms with E-state index in [4.69, 9.17) is 16.1 Å². The van der Waals surface area contributed by atoms with Crippen molar-refractivity contribution in [3.05, 3.63) is 82.2 Å². The molecule has 118 valence electrons. The highest BCUT2D eigenvalue weighted by Crippen LogP contribution is 2.28. The number of hydrogen-bond acceptors (Lipinski definition) is 4. The Hall–Kier alpha value is -2.24. The normalized spacial score (nSPS) is 12.3. The monoisotopic (exact) mass is 331 g/mol. The van der Waals surface area contributed by atoms with Crippen LogP contribution in [0.2, 0.25) is 5.02 Å². The van der Waals surface area contributed by atoms with Crippen LogP contribution >= 0.6 is 11.6 Å². The van der Waals surface area contributed by atoms with Crippen LogP contribution in [0.25, 0.3) is 0 Å². The molecule has 0 saturated carbocycles. The minimum Gasteiger partial charge on any atom is -0.338 e. The Morgan fingerprint density at radius 2 is 1.91 bits per heavy atom. The second-order valence-electron chi connectivity index (χ2n) is 5.12. The van der Waals surface area contributed by atoms with Gasteiger partial charge in [0.15, 0.2) is 5.82 Å². The lowest BCUT2D eigenvalue weighted by Gasteiger charge is -2.20. The van der Waals surface area contributed by atoms with Crippen molar-refractivity contribution in [2.24, 2.45) is 0 Å². The Morgan fingerprint density at radius 1 is 1.17 bits per heavy atom. The Balaban J connectivity index is 1.90. The summed E-state index contributed by atoms with van der Waals surface area (Å²) in [6, 6.07) is 13.6. The number of aromatic nitrogens is 2. The molecule has 0 fully saturated rings. The Kier molecular flexibility index (Phi) is 4.69. The van der Waals surface area contributed by atoms with Crippen molar-refractivity contribution < 1.29 is 8.91 Å². The van der Waals surface area contributed by atoms with Crippen molar-refractivity contribution in [1.29, 1.82) is 0 Å². The molecule has 0 amide bonds. The average Bonchev–Trinajstić information content (AvgIpc) is 2.96. The maximum Gasteiger partial charge on any atom is 0.240 e. The molecule has 1 heterocycles. The van der Waals surface area contributed by atoms with Gasteiger partial charge in [0, 0.05) is 5.02 Å². The first kappa shape index (κ1) is 15.6. The molecule has 3 rings (SSSR count). The lowest BCUT2D eigenvalue weighted by Crippen LogP contribution is -2.22. The number of nitrogens with one attached hydrogen (secondary N) is 1. The van der Waals surface area contributed by atoms with Gasteiger partial charge < -0.3 is 4.52 Å². The van der Waals surface area contributed by atoms with Crippen LogP contribution in [-0.2, 0) is 6.54 Å². The van der Waals surface area contributed by atoms with Crippen LogP contribution in [0.3, 0.4) is 0 Å². The van der Waals surface area contributed by atoms with Crippen LogP contribution in [0.15, 0.2) is 53.1 Å².